The minimum Gasteiger partial charge on any atom is -0.349 e. The molecule has 0 aliphatic carbocycles. The van der Waals surface area contributed by atoms with Crippen LogP contribution >= 0.6 is 11.8 Å². The molecule has 1 saturated heterocycles. The molecule has 0 saturated carbocycles. The van der Waals surface area contributed by atoms with Crippen molar-refractivity contribution in [2.45, 2.75) is 30.7 Å². The van der Waals surface area contributed by atoms with Crippen LogP contribution in [0.3, 0.4) is 0 Å². The van der Waals surface area contributed by atoms with Crippen molar-refractivity contribution in [3.63, 3.8) is 0 Å². The number of anilines is 1. The van der Waals surface area contributed by atoms with E-state index >= 15 is 0 Å². The van der Waals surface area contributed by atoms with E-state index in [0.717, 1.165) is 11.1 Å². The fourth-order valence-electron chi connectivity index (χ4n) is 3.77. The number of fused-ring (bicyclic) bond motifs is 1. The molecule has 0 radical (unpaired) electrons. The Morgan fingerprint density at radius 1 is 1.21 bits per heavy atom. The zero-order valence-corrected chi connectivity index (χ0v) is 16.2. The zero-order chi connectivity index (χ0) is 19.8. The van der Waals surface area contributed by atoms with Gasteiger partial charge in [0.25, 0.3) is 0 Å². The lowest BCUT2D eigenvalue weighted by atomic mass is 10.0. The molecule has 0 spiro atoms. The molecule has 0 aromatic heterocycles. The van der Waals surface area contributed by atoms with Gasteiger partial charge in [0.2, 0.25) is 11.8 Å². The first-order valence-corrected chi connectivity index (χ1v) is 10.2. The van der Waals surface area contributed by atoms with E-state index in [2.05, 4.69) is 5.32 Å². The predicted molar refractivity (Wildman–Crippen MR) is 104 cm³/mol. The van der Waals surface area contributed by atoms with Gasteiger partial charge in [-0.1, -0.05) is 18.2 Å². The summed E-state index contributed by atoms with van der Waals surface area (Å²) < 4.78 is 28.3. The lowest BCUT2D eigenvalue weighted by molar-refractivity contribution is -0.127. The number of nitrogens with one attached hydrogen (secondary N) is 1. The molecule has 2 heterocycles. The molecule has 2 aromatic rings. The summed E-state index contributed by atoms with van der Waals surface area (Å²) in [5.41, 5.74) is 1.74. The van der Waals surface area contributed by atoms with Crippen LogP contribution in [0.4, 0.5) is 14.5 Å². The first kappa shape index (κ1) is 18.9. The van der Waals surface area contributed by atoms with Crippen LogP contribution in [0.5, 0.6) is 0 Å². The molecular weight excluding hydrogens is 382 g/mol. The SMILES string of the molecule is Cc1ccc(N2CC(C(=O)NC3CCSc4c(F)cccc43)CC2=O)c(F)c1. The summed E-state index contributed by atoms with van der Waals surface area (Å²) in [7, 11) is 0. The van der Waals surface area contributed by atoms with Crippen LogP contribution in [-0.4, -0.2) is 24.1 Å². The second-order valence-corrected chi connectivity index (χ2v) is 8.32. The first-order chi connectivity index (χ1) is 13.4. The molecule has 146 valence electrons. The zero-order valence-electron chi connectivity index (χ0n) is 15.4. The summed E-state index contributed by atoms with van der Waals surface area (Å²) in [6.45, 7) is 1.92. The Hall–Kier alpha value is -2.41. The highest BCUT2D eigenvalue weighted by atomic mass is 32.2. The highest BCUT2D eigenvalue weighted by Gasteiger charge is 2.37. The van der Waals surface area contributed by atoms with Crippen LogP contribution in [0.25, 0.3) is 0 Å². The Kier molecular flexibility index (Phi) is 5.10. The van der Waals surface area contributed by atoms with E-state index in [4.69, 9.17) is 0 Å². The molecule has 1 fully saturated rings. The third-order valence-corrected chi connectivity index (χ3v) is 6.39. The maximum atomic E-state index is 14.2. The number of aryl methyl sites for hydroxylation is 1. The van der Waals surface area contributed by atoms with Gasteiger partial charge in [0.15, 0.2) is 0 Å². The van der Waals surface area contributed by atoms with Gasteiger partial charge in [-0.25, -0.2) is 8.78 Å². The van der Waals surface area contributed by atoms with Gasteiger partial charge in [0.1, 0.15) is 11.6 Å². The summed E-state index contributed by atoms with van der Waals surface area (Å²) in [5.74, 6) is -1.12. The molecule has 2 amide bonds. The lowest BCUT2D eigenvalue weighted by Crippen LogP contribution is -2.37. The summed E-state index contributed by atoms with van der Waals surface area (Å²) in [6, 6.07) is 9.29. The van der Waals surface area contributed by atoms with Gasteiger partial charge in [-0.05, 0) is 42.7 Å². The summed E-state index contributed by atoms with van der Waals surface area (Å²) >= 11 is 1.45. The van der Waals surface area contributed by atoms with Crippen LogP contribution in [-0.2, 0) is 9.59 Å². The van der Waals surface area contributed by atoms with E-state index in [1.54, 1.807) is 25.1 Å². The lowest BCUT2D eigenvalue weighted by Gasteiger charge is -2.27. The van der Waals surface area contributed by atoms with Crippen LogP contribution < -0.4 is 10.2 Å². The number of nitrogens with zero attached hydrogens (tertiary/aromatic N) is 1. The van der Waals surface area contributed by atoms with Crippen molar-refractivity contribution >= 4 is 29.3 Å². The Morgan fingerprint density at radius 2 is 2.04 bits per heavy atom. The average Bonchev–Trinajstić information content (AvgIpc) is 3.04. The van der Waals surface area contributed by atoms with Crippen molar-refractivity contribution in [3.8, 4) is 0 Å². The third kappa shape index (κ3) is 3.51. The van der Waals surface area contributed by atoms with Crippen molar-refractivity contribution < 1.29 is 18.4 Å². The summed E-state index contributed by atoms with van der Waals surface area (Å²) in [5, 5.41) is 2.97. The van der Waals surface area contributed by atoms with E-state index < -0.39 is 11.7 Å². The molecule has 2 aliphatic heterocycles. The van der Waals surface area contributed by atoms with E-state index in [0.29, 0.717) is 17.1 Å². The molecule has 28 heavy (non-hydrogen) atoms. The third-order valence-electron chi connectivity index (χ3n) is 5.23. The predicted octanol–water partition coefficient (Wildman–Crippen LogP) is 3.98. The topological polar surface area (TPSA) is 49.4 Å². The van der Waals surface area contributed by atoms with Crippen LogP contribution in [0.2, 0.25) is 0 Å². The van der Waals surface area contributed by atoms with Gasteiger partial charge in [-0.2, -0.15) is 0 Å². The van der Waals surface area contributed by atoms with Crippen molar-refractivity contribution in [1.82, 2.24) is 5.32 Å². The molecule has 4 nitrogen and oxygen atoms in total. The minimum absolute atomic E-state index is 0.0383. The number of hydrogen-bond donors (Lipinski definition) is 1. The van der Waals surface area contributed by atoms with E-state index in [-0.39, 0.29) is 42.3 Å². The molecular formula is C21H20F2N2O2S. The number of benzene rings is 2. The van der Waals surface area contributed by atoms with Crippen molar-refractivity contribution in [3.05, 3.63) is 59.2 Å². The molecule has 2 unspecified atom stereocenters. The van der Waals surface area contributed by atoms with Gasteiger partial charge in [-0.3, -0.25) is 9.59 Å². The van der Waals surface area contributed by atoms with E-state index in [1.165, 1.54) is 28.8 Å². The molecule has 2 aliphatic rings. The first-order valence-electron chi connectivity index (χ1n) is 9.22. The number of carbonyl (C=O) groups excluding carboxylic acids is 2. The standard InChI is InChI=1S/C21H20F2N2O2S/c1-12-5-6-18(16(23)9-12)25-11-13(10-19(25)26)21(27)24-17-7-8-28-20-14(17)3-2-4-15(20)22/h2-6,9,13,17H,7-8,10-11H2,1H3,(H,24,27). The maximum absolute atomic E-state index is 14.2. The van der Waals surface area contributed by atoms with E-state index in [9.17, 15) is 18.4 Å². The Bertz CT molecular complexity index is 950. The second-order valence-electron chi connectivity index (χ2n) is 7.22. The van der Waals surface area contributed by atoms with E-state index in [1.807, 2.05) is 6.07 Å². The van der Waals surface area contributed by atoms with Crippen molar-refractivity contribution in [1.29, 1.82) is 0 Å². The molecule has 1 N–H and O–H groups in total. The largest absolute Gasteiger partial charge is 0.349 e. The number of rotatable bonds is 3. The number of carbonyl (C=O) groups is 2. The Labute approximate surface area is 166 Å². The number of halogens is 2. The number of amides is 2. The second kappa shape index (κ2) is 7.54. The van der Waals surface area contributed by atoms with Gasteiger partial charge >= 0.3 is 0 Å². The van der Waals surface area contributed by atoms with Gasteiger partial charge in [0.05, 0.1) is 17.6 Å². The van der Waals surface area contributed by atoms with Gasteiger partial charge in [0, 0.05) is 23.6 Å². The normalized spacial score (nSPS) is 21.5. The average molecular weight is 402 g/mol. The maximum Gasteiger partial charge on any atom is 0.227 e. The minimum atomic E-state index is -0.556. The number of thioether (sulfide) groups is 1. The summed E-state index contributed by atoms with van der Waals surface area (Å²) in [6.07, 6.45) is 0.737. The van der Waals surface area contributed by atoms with Crippen LogP contribution in [0.15, 0.2) is 41.3 Å². The fraction of sp³-hybridized carbons (Fsp3) is 0.333. The van der Waals surface area contributed by atoms with Crippen molar-refractivity contribution in [2.75, 3.05) is 17.2 Å². The Morgan fingerprint density at radius 3 is 2.82 bits per heavy atom. The number of hydrogen-bond acceptors (Lipinski definition) is 3. The Balaban J connectivity index is 1.48. The molecule has 2 aromatic carbocycles. The monoisotopic (exact) mass is 402 g/mol. The molecule has 2 atom stereocenters. The smallest absolute Gasteiger partial charge is 0.227 e. The van der Waals surface area contributed by atoms with Gasteiger partial charge in [-0.15, -0.1) is 11.8 Å². The molecule has 0 bridgehead atoms. The summed E-state index contributed by atoms with van der Waals surface area (Å²) in [4.78, 5) is 27.1. The highest BCUT2D eigenvalue weighted by molar-refractivity contribution is 7.99. The van der Waals surface area contributed by atoms with Crippen LogP contribution in [0.1, 0.15) is 30.0 Å². The van der Waals surface area contributed by atoms with Crippen molar-refractivity contribution in [2.24, 2.45) is 5.92 Å². The molecule has 4 rings (SSSR count). The van der Waals surface area contributed by atoms with Crippen LogP contribution in [0, 0.1) is 24.5 Å². The van der Waals surface area contributed by atoms with Gasteiger partial charge < -0.3 is 10.2 Å². The fourth-order valence-corrected chi connectivity index (χ4v) is 4.91. The quantitative estimate of drug-likeness (QED) is 0.845. The molecule has 7 heteroatoms. The highest BCUT2D eigenvalue weighted by Crippen LogP contribution is 2.38.